The third-order valence-corrected chi connectivity index (χ3v) is 5.82. The molecule has 6 nitrogen and oxygen atoms in total. The lowest BCUT2D eigenvalue weighted by Gasteiger charge is -2.29. The van der Waals surface area contributed by atoms with Gasteiger partial charge in [-0.2, -0.15) is 0 Å². The highest BCUT2D eigenvalue weighted by atomic mass is 32.2. The molecular weight excluding hydrogens is 324 g/mol. The van der Waals surface area contributed by atoms with Gasteiger partial charge in [0.1, 0.15) is 0 Å². The van der Waals surface area contributed by atoms with Gasteiger partial charge in [-0.1, -0.05) is 26.2 Å². The van der Waals surface area contributed by atoms with Gasteiger partial charge < -0.3 is 10.6 Å². The van der Waals surface area contributed by atoms with E-state index in [0.717, 1.165) is 38.3 Å². The summed E-state index contributed by atoms with van der Waals surface area (Å²) < 4.78 is 24.7. The summed E-state index contributed by atoms with van der Waals surface area (Å²) in [5.41, 5.74) is 0. The number of piperidine rings is 1. The number of nitrogens with zero attached hydrogens (tertiary/aromatic N) is 2. The largest absolute Gasteiger partial charge is 0.357 e. The monoisotopic (exact) mass is 360 g/mol. The third kappa shape index (κ3) is 8.33. The number of sulfonamides is 1. The van der Waals surface area contributed by atoms with Crippen LogP contribution in [0.2, 0.25) is 0 Å². The van der Waals surface area contributed by atoms with E-state index in [0.29, 0.717) is 25.0 Å². The Bertz CT molecular complexity index is 471. The molecule has 2 N–H and O–H groups in total. The third-order valence-electron chi connectivity index (χ3n) is 4.52. The topological polar surface area (TPSA) is 73.8 Å². The van der Waals surface area contributed by atoms with Crippen LogP contribution in [-0.2, 0) is 10.0 Å². The quantitative estimate of drug-likeness (QED) is 0.375. The predicted molar refractivity (Wildman–Crippen MR) is 102 cm³/mol. The summed E-state index contributed by atoms with van der Waals surface area (Å²) in [6.45, 7) is 9.34. The van der Waals surface area contributed by atoms with E-state index in [-0.39, 0.29) is 0 Å². The molecule has 0 aliphatic carbocycles. The van der Waals surface area contributed by atoms with Crippen molar-refractivity contribution in [2.75, 3.05) is 32.4 Å². The minimum Gasteiger partial charge on any atom is -0.357 e. The Morgan fingerprint density at radius 1 is 1.25 bits per heavy atom. The zero-order valence-corrected chi connectivity index (χ0v) is 16.7. The summed E-state index contributed by atoms with van der Waals surface area (Å²) in [6.07, 6.45) is 7.99. The fourth-order valence-corrected chi connectivity index (χ4v) is 3.84. The van der Waals surface area contributed by atoms with Crippen LogP contribution in [0.4, 0.5) is 0 Å². The molecule has 1 fully saturated rings. The second-order valence-corrected chi connectivity index (χ2v) is 8.85. The van der Waals surface area contributed by atoms with Gasteiger partial charge in [0, 0.05) is 32.2 Å². The van der Waals surface area contributed by atoms with Crippen LogP contribution < -0.4 is 10.6 Å². The fraction of sp³-hybridized carbons (Fsp3) is 0.941. The van der Waals surface area contributed by atoms with E-state index in [1.54, 1.807) is 4.31 Å². The van der Waals surface area contributed by atoms with Crippen LogP contribution in [-0.4, -0.2) is 57.2 Å². The van der Waals surface area contributed by atoms with E-state index in [9.17, 15) is 8.42 Å². The molecule has 0 amide bonds. The number of hydrogen-bond acceptors (Lipinski definition) is 3. The molecule has 7 heteroatoms. The Labute approximate surface area is 148 Å². The molecule has 0 aromatic carbocycles. The van der Waals surface area contributed by atoms with Crippen LogP contribution in [0.1, 0.15) is 59.3 Å². The van der Waals surface area contributed by atoms with Gasteiger partial charge in [-0.05, 0) is 39.0 Å². The Hall–Kier alpha value is -0.820. The highest BCUT2D eigenvalue weighted by molar-refractivity contribution is 7.88. The summed E-state index contributed by atoms with van der Waals surface area (Å²) >= 11 is 0. The van der Waals surface area contributed by atoms with Gasteiger partial charge in [0.05, 0.1) is 6.26 Å². The van der Waals surface area contributed by atoms with E-state index >= 15 is 0 Å². The van der Waals surface area contributed by atoms with Crippen LogP contribution >= 0.6 is 0 Å². The molecule has 0 aromatic rings. The lowest BCUT2D eigenvalue weighted by atomic mass is 9.98. The first-order valence-corrected chi connectivity index (χ1v) is 11.2. The Morgan fingerprint density at radius 3 is 2.46 bits per heavy atom. The lowest BCUT2D eigenvalue weighted by molar-refractivity contribution is 0.280. The summed E-state index contributed by atoms with van der Waals surface area (Å²) in [6, 6.07) is 0.418. The van der Waals surface area contributed by atoms with Crippen LogP contribution in [0.25, 0.3) is 0 Å². The fourth-order valence-electron chi connectivity index (χ4n) is 2.97. The van der Waals surface area contributed by atoms with E-state index in [4.69, 9.17) is 4.99 Å². The number of unbranched alkanes of at least 4 members (excludes halogenated alkanes) is 2. The normalized spacial score (nSPS) is 19.2. The first-order chi connectivity index (χ1) is 11.4. The molecule has 142 valence electrons. The van der Waals surface area contributed by atoms with Crippen molar-refractivity contribution in [2.45, 2.75) is 65.3 Å². The summed E-state index contributed by atoms with van der Waals surface area (Å²) in [4.78, 5) is 4.72. The number of aliphatic imine (C=N–C) groups is 1. The Balaban J connectivity index is 2.43. The molecule has 1 rings (SSSR count). The van der Waals surface area contributed by atoms with Gasteiger partial charge >= 0.3 is 0 Å². The van der Waals surface area contributed by atoms with Crippen LogP contribution in [0.3, 0.4) is 0 Å². The van der Waals surface area contributed by atoms with Gasteiger partial charge in [0.2, 0.25) is 10.0 Å². The van der Waals surface area contributed by atoms with E-state index in [1.165, 1.54) is 25.5 Å². The van der Waals surface area contributed by atoms with Crippen molar-refractivity contribution >= 4 is 16.0 Å². The van der Waals surface area contributed by atoms with Crippen LogP contribution in [0, 0.1) is 5.92 Å². The first-order valence-electron chi connectivity index (χ1n) is 9.36. The lowest BCUT2D eigenvalue weighted by Crippen LogP contribution is -2.43. The van der Waals surface area contributed by atoms with Gasteiger partial charge in [-0.25, -0.2) is 12.7 Å². The molecule has 1 heterocycles. The number of rotatable bonds is 9. The van der Waals surface area contributed by atoms with E-state index in [1.807, 2.05) is 0 Å². The molecule has 1 saturated heterocycles. The number of guanidine groups is 1. The predicted octanol–water partition coefficient (Wildman–Crippen LogP) is 2.18. The van der Waals surface area contributed by atoms with Gasteiger partial charge in [-0.15, -0.1) is 0 Å². The van der Waals surface area contributed by atoms with Crippen molar-refractivity contribution < 1.29 is 8.42 Å². The molecule has 0 bridgehead atoms. The van der Waals surface area contributed by atoms with Crippen molar-refractivity contribution in [3.05, 3.63) is 0 Å². The maximum absolute atomic E-state index is 11.6. The van der Waals surface area contributed by atoms with Crippen molar-refractivity contribution in [1.29, 1.82) is 0 Å². The summed E-state index contributed by atoms with van der Waals surface area (Å²) in [7, 11) is -3.04. The molecule has 0 radical (unpaired) electrons. The maximum atomic E-state index is 11.6. The molecule has 1 atom stereocenters. The summed E-state index contributed by atoms with van der Waals surface area (Å²) in [5.74, 6) is 1.35. The van der Waals surface area contributed by atoms with E-state index in [2.05, 4.69) is 31.4 Å². The molecule has 1 unspecified atom stereocenters. The first kappa shape index (κ1) is 21.2. The standard InChI is InChI=1S/C17H36N4O2S/c1-5-7-8-9-15(3)20-17(18-6-2)19-14-16-10-12-21(13-11-16)24(4,22)23/h15-16H,5-14H2,1-4H3,(H2,18,19,20). The minimum absolute atomic E-state index is 0.418. The zero-order valence-electron chi connectivity index (χ0n) is 15.8. The molecule has 0 spiro atoms. The van der Waals surface area contributed by atoms with Crippen molar-refractivity contribution in [1.82, 2.24) is 14.9 Å². The number of nitrogens with one attached hydrogen (secondary N) is 2. The maximum Gasteiger partial charge on any atom is 0.211 e. The Kier molecular flexibility index (Phi) is 9.66. The molecule has 24 heavy (non-hydrogen) atoms. The van der Waals surface area contributed by atoms with Gasteiger partial charge in [0.15, 0.2) is 5.96 Å². The van der Waals surface area contributed by atoms with Crippen LogP contribution in [0.15, 0.2) is 4.99 Å². The van der Waals surface area contributed by atoms with Gasteiger partial charge in [0.25, 0.3) is 0 Å². The van der Waals surface area contributed by atoms with Crippen LogP contribution in [0.5, 0.6) is 0 Å². The second-order valence-electron chi connectivity index (χ2n) is 6.87. The molecular formula is C17H36N4O2S. The molecule has 0 aromatic heterocycles. The molecule has 0 saturated carbocycles. The molecule has 1 aliphatic rings. The van der Waals surface area contributed by atoms with Crippen molar-refractivity contribution in [2.24, 2.45) is 10.9 Å². The Morgan fingerprint density at radius 2 is 1.92 bits per heavy atom. The highest BCUT2D eigenvalue weighted by Gasteiger charge is 2.24. The minimum atomic E-state index is -3.04. The average Bonchev–Trinajstić information content (AvgIpc) is 2.52. The molecule has 1 aliphatic heterocycles. The highest BCUT2D eigenvalue weighted by Crippen LogP contribution is 2.19. The number of hydrogen-bond donors (Lipinski definition) is 2. The average molecular weight is 361 g/mol. The van der Waals surface area contributed by atoms with Crippen molar-refractivity contribution in [3.8, 4) is 0 Å². The van der Waals surface area contributed by atoms with E-state index < -0.39 is 10.0 Å². The zero-order chi connectivity index (χ0) is 18.0. The smallest absolute Gasteiger partial charge is 0.211 e. The van der Waals surface area contributed by atoms with Crippen molar-refractivity contribution in [3.63, 3.8) is 0 Å². The second kappa shape index (κ2) is 10.9. The SMILES string of the molecule is CCCCCC(C)NC(=NCC1CCN(S(C)(=O)=O)CC1)NCC. The summed E-state index contributed by atoms with van der Waals surface area (Å²) in [5, 5.41) is 6.79. The van der Waals surface area contributed by atoms with Gasteiger partial charge in [-0.3, -0.25) is 4.99 Å².